The lowest BCUT2D eigenvalue weighted by Gasteiger charge is -2.25. The highest BCUT2D eigenvalue weighted by Gasteiger charge is 2.34. The van der Waals surface area contributed by atoms with Crippen molar-refractivity contribution < 1.29 is 40.6 Å². The maximum absolute atomic E-state index is 13.4. The van der Waals surface area contributed by atoms with E-state index in [9.17, 15) is 31.2 Å². The van der Waals surface area contributed by atoms with Crippen molar-refractivity contribution in [2.75, 3.05) is 0 Å². The van der Waals surface area contributed by atoms with E-state index in [0.717, 1.165) is 17.6 Å². The Labute approximate surface area is 233 Å². The van der Waals surface area contributed by atoms with Gasteiger partial charge < -0.3 is 10.1 Å². The second-order valence-electron chi connectivity index (χ2n) is 9.33. The Morgan fingerprint density at radius 2 is 1.56 bits per heavy atom. The number of ether oxygens (including phenoxy) is 1. The largest absolute Gasteiger partial charge is 0.487 e. The van der Waals surface area contributed by atoms with Gasteiger partial charge in [0.2, 0.25) is 0 Å². The second kappa shape index (κ2) is 11.9. The highest BCUT2D eigenvalue weighted by Crippen LogP contribution is 2.32. The summed E-state index contributed by atoms with van der Waals surface area (Å²) in [5.74, 6) is -1.57. The van der Waals surface area contributed by atoms with Crippen LogP contribution in [0.25, 0.3) is 10.8 Å². The van der Waals surface area contributed by atoms with Crippen LogP contribution in [0.4, 0.5) is 17.9 Å². The molecule has 0 bridgehead atoms. The van der Waals surface area contributed by atoms with Gasteiger partial charge in [-0.1, -0.05) is 54.6 Å². The smallest absolute Gasteiger partial charge is 0.433 e. The predicted octanol–water partition coefficient (Wildman–Crippen LogP) is 5.00. The standard InChI is InChI=1S/C28H24F3N3O5S.FH/c1-27(2,26(36)34-40(37,38)20-9-4-3-5-10-20)33-25(35)22-14-13-19-8-6-7-11-21(19)24(22)39-17-18-12-15-23(32-16-18)28(29,30)31;/h3-16H,17H2,1-2H3,(H,33,35)(H,34,36);1H. The molecular formula is C28H25F4N3O5S. The summed E-state index contributed by atoms with van der Waals surface area (Å²) in [7, 11) is -4.18. The monoisotopic (exact) mass is 591 g/mol. The van der Waals surface area contributed by atoms with Gasteiger partial charge in [0.1, 0.15) is 23.6 Å². The number of sulfonamides is 1. The van der Waals surface area contributed by atoms with E-state index in [4.69, 9.17) is 4.74 Å². The van der Waals surface area contributed by atoms with Crippen LogP contribution in [-0.2, 0) is 27.6 Å². The van der Waals surface area contributed by atoms with E-state index < -0.39 is 39.2 Å². The normalized spacial score (nSPS) is 11.8. The van der Waals surface area contributed by atoms with Gasteiger partial charge in [0.25, 0.3) is 21.8 Å². The Bertz CT molecular complexity index is 1660. The molecule has 41 heavy (non-hydrogen) atoms. The third-order valence-electron chi connectivity index (χ3n) is 5.90. The number of amides is 2. The Morgan fingerprint density at radius 3 is 2.20 bits per heavy atom. The van der Waals surface area contributed by atoms with Gasteiger partial charge in [0.05, 0.1) is 10.5 Å². The van der Waals surface area contributed by atoms with Crippen LogP contribution in [0.5, 0.6) is 5.75 Å². The minimum atomic E-state index is -4.58. The number of carbonyl (C=O) groups is 2. The van der Waals surface area contributed by atoms with Crippen LogP contribution < -0.4 is 14.8 Å². The SMILES string of the molecule is CC(C)(NC(=O)c1ccc2ccccc2c1OCc1ccc(C(F)(F)F)nc1)C(=O)NS(=O)(=O)c1ccccc1.F. The molecule has 0 atom stereocenters. The van der Waals surface area contributed by atoms with E-state index in [0.29, 0.717) is 10.9 Å². The van der Waals surface area contributed by atoms with E-state index in [1.165, 1.54) is 50.2 Å². The summed E-state index contributed by atoms with van der Waals surface area (Å²) in [5, 5.41) is 3.81. The third kappa shape index (κ3) is 7.17. The molecule has 1 heterocycles. The van der Waals surface area contributed by atoms with Crippen LogP contribution in [0, 0.1) is 0 Å². The van der Waals surface area contributed by atoms with E-state index in [2.05, 4.69) is 10.3 Å². The fourth-order valence-corrected chi connectivity index (χ4v) is 4.86. The van der Waals surface area contributed by atoms with Crippen molar-refractivity contribution >= 4 is 32.6 Å². The van der Waals surface area contributed by atoms with Crippen LogP contribution in [-0.4, -0.2) is 30.8 Å². The van der Waals surface area contributed by atoms with E-state index >= 15 is 0 Å². The molecule has 0 aliphatic heterocycles. The van der Waals surface area contributed by atoms with Crippen LogP contribution >= 0.6 is 0 Å². The van der Waals surface area contributed by atoms with Crippen molar-refractivity contribution in [3.05, 3.63) is 102 Å². The number of benzene rings is 3. The summed E-state index contributed by atoms with van der Waals surface area (Å²) < 4.78 is 71.7. The van der Waals surface area contributed by atoms with Crippen molar-refractivity contribution in [1.29, 1.82) is 0 Å². The number of nitrogens with zero attached hydrogens (tertiary/aromatic N) is 1. The van der Waals surface area contributed by atoms with Crippen LogP contribution in [0.3, 0.4) is 0 Å². The molecule has 2 N–H and O–H groups in total. The fraction of sp³-hybridized carbons (Fsp3) is 0.179. The first-order valence-corrected chi connectivity index (χ1v) is 13.4. The van der Waals surface area contributed by atoms with Gasteiger partial charge in [-0.3, -0.25) is 19.3 Å². The molecule has 0 saturated heterocycles. The van der Waals surface area contributed by atoms with Gasteiger partial charge >= 0.3 is 6.18 Å². The zero-order valence-electron chi connectivity index (χ0n) is 21.7. The third-order valence-corrected chi connectivity index (χ3v) is 7.24. The van der Waals surface area contributed by atoms with Gasteiger partial charge in [-0.2, -0.15) is 13.2 Å². The quantitative estimate of drug-likeness (QED) is 0.279. The summed E-state index contributed by atoms with van der Waals surface area (Å²) in [6.07, 6.45) is -3.55. The molecule has 0 saturated carbocycles. The molecule has 4 rings (SSSR count). The molecular weight excluding hydrogens is 566 g/mol. The van der Waals surface area contributed by atoms with Gasteiger partial charge in [0.15, 0.2) is 0 Å². The molecule has 0 fully saturated rings. The molecule has 0 aliphatic carbocycles. The first kappa shape index (κ1) is 31.0. The second-order valence-corrected chi connectivity index (χ2v) is 11.0. The Balaban J connectivity index is 0.00000462. The molecule has 13 heteroatoms. The highest BCUT2D eigenvalue weighted by atomic mass is 32.2. The number of fused-ring (bicyclic) bond motifs is 1. The zero-order chi connectivity index (χ0) is 29.1. The zero-order valence-corrected chi connectivity index (χ0v) is 22.5. The molecule has 0 spiro atoms. The van der Waals surface area contributed by atoms with Crippen LogP contribution in [0.1, 0.15) is 35.5 Å². The minimum Gasteiger partial charge on any atom is -0.487 e. The summed E-state index contributed by atoms with van der Waals surface area (Å²) >= 11 is 0. The number of aromatic nitrogens is 1. The number of hydrogen-bond acceptors (Lipinski definition) is 6. The summed E-state index contributed by atoms with van der Waals surface area (Å²) in [5.41, 5.74) is -2.35. The maximum Gasteiger partial charge on any atom is 0.433 e. The van der Waals surface area contributed by atoms with Crippen molar-refractivity contribution in [3.63, 3.8) is 0 Å². The molecule has 0 radical (unpaired) electrons. The Morgan fingerprint density at radius 1 is 0.902 bits per heavy atom. The molecule has 0 aliphatic rings. The van der Waals surface area contributed by atoms with Gasteiger partial charge in [-0.05, 0) is 43.5 Å². The van der Waals surface area contributed by atoms with Crippen molar-refractivity contribution in [2.24, 2.45) is 0 Å². The van der Waals surface area contributed by atoms with Crippen LogP contribution in [0.2, 0.25) is 0 Å². The summed E-state index contributed by atoms with van der Waals surface area (Å²) in [6.45, 7) is 2.49. The van der Waals surface area contributed by atoms with E-state index in [1.54, 1.807) is 36.4 Å². The lowest BCUT2D eigenvalue weighted by Crippen LogP contribution is -2.55. The highest BCUT2D eigenvalue weighted by molar-refractivity contribution is 7.90. The molecule has 8 nitrogen and oxygen atoms in total. The van der Waals surface area contributed by atoms with E-state index in [1.807, 2.05) is 4.72 Å². The van der Waals surface area contributed by atoms with Gasteiger partial charge in [-0.25, -0.2) is 13.1 Å². The number of rotatable bonds is 8. The van der Waals surface area contributed by atoms with E-state index in [-0.39, 0.29) is 27.5 Å². The Kier molecular flexibility index (Phi) is 9.02. The minimum absolute atomic E-state index is 0. The first-order valence-electron chi connectivity index (χ1n) is 11.9. The van der Waals surface area contributed by atoms with Crippen molar-refractivity contribution in [2.45, 2.75) is 37.1 Å². The summed E-state index contributed by atoms with van der Waals surface area (Å²) in [6, 6.07) is 19.5. The number of alkyl halides is 3. The summed E-state index contributed by atoms with van der Waals surface area (Å²) in [4.78, 5) is 29.6. The number of carbonyl (C=O) groups excluding carboxylic acids is 2. The number of pyridine rings is 1. The van der Waals surface area contributed by atoms with Crippen molar-refractivity contribution in [3.8, 4) is 5.75 Å². The molecule has 0 unspecified atom stereocenters. The molecule has 4 aromatic rings. The average molecular weight is 592 g/mol. The van der Waals surface area contributed by atoms with Crippen LogP contribution in [0.15, 0.2) is 90.0 Å². The Hall–Kier alpha value is -4.52. The van der Waals surface area contributed by atoms with Crippen molar-refractivity contribution in [1.82, 2.24) is 15.0 Å². The topological polar surface area (TPSA) is 114 Å². The van der Waals surface area contributed by atoms with Gasteiger partial charge in [0, 0.05) is 17.1 Å². The number of halogens is 4. The lowest BCUT2D eigenvalue weighted by molar-refractivity contribution is -0.141. The molecule has 2 amide bonds. The molecule has 3 aromatic carbocycles. The molecule has 1 aromatic heterocycles. The van der Waals surface area contributed by atoms with Gasteiger partial charge in [-0.15, -0.1) is 0 Å². The maximum atomic E-state index is 13.4. The average Bonchev–Trinajstić information content (AvgIpc) is 2.91. The molecule has 216 valence electrons. The lowest BCUT2D eigenvalue weighted by atomic mass is 10.0. The number of hydrogen-bond donors (Lipinski definition) is 2. The predicted molar refractivity (Wildman–Crippen MR) is 143 cm³/mol. The first-order chi connectivity index (χ1) is 18.8. The number of nitrogens with one attached hydrogen (secondary N) is 2. The fourth-order valence-electron chi connectivity index (χ4n) is 3.73.